The first-order chi connectivity index (χ1) is 18.6. The Bertz CT molecular complexity index is 1880. The molecular weight excluding hydrogens is 460 g/mol. The summed E-state index contributed by atoms with van der Waals surface area (Å²) >= 11 is 0. The minimum Gasteiger partial charge on any atom is -0.192 e. The van der Waals surface area contributed by atoms with Crippen LogP contribution in [0.3, 0.4) is 0 Å². The second-order valence-electron chi connectivity index (χ2n) is 10.7. The molecule has 180 valence electrons. The molecule has 0 aromatic heterocycles. The van der Waals surface area contributed by atoms with Crippen LogP contribution in [0, 0.1) is 34.5 Å². The third-order valence-corrected chi connectivity index (χ3v) is 8.57. The number of benzene rings is 3. The van der Waals surface area contributed by atoms with Gasteiger partial charge in [0.2, 0.25) is 0 Å². The molecule has 0 bridgehead atoms. The Morgan fingerprint density at radius 1 is 0.711 bits per heavy atom. The van der Waals surface area contributed by atoms with Crippen molar-refractivity contribution in [1.29, 1.82) is 10.5 Å². The molecule has 4 aliphatic carbocycles. The van der Waals surface area contributed by atoms with Gasteiger partial charge in [-0.1, -0.05) is 73.2 Å². The number of fused-ring (bicyclic) bond motifs is 4. The van der Waals surface area contributed by atoms with Gasteiger partial charge in [0.1, 0.15) is 0 Å². The third kappa shape index (κ3) is 3.11. The lowest BCUT2D eigenvalue weighted by molar-refractivity contribution is 0.561. The molecule has 0 fully saturated rings. The monoisotopic (exact) mass is 486 g/mol. The van der Waals surface area contributed by atoms with Crippen molar-refractivity contribution in [2.45, 2.75) is 26.7 Å². The predicted octanol–water partition coefficient (Wildman–Crippen LogP) is 7.05. The summed E-state index contributed by atoms with van der Waals surface area (Å²) in [6.07, 6.45) is 16.2. The molecule has 2 atom stereocenters. The lowest BCUT2D eigenvalue weighted by Gasteiger charge is -2.31. The van der Waals surface area contributed by atoms with Crippen LogP contribution in [0.2, 0.25) is 0 Å². The van der Waals surface area contributed by atoms with E-state index in [1.165, 1.54) is 55.0 Å². The molecule has 0 heterocycles. The van der Waals surface area contributed by atoms with Gasteiger partial charge in [0.15, 0.2) is 0 Å². The highest BCUT2D eigenvalue weighted by Gasteiger charge is 2.40. The Balaban J connectivity index is 1.66. The Morgan fingerprint density at radius 2 is 1.26 bits per heavy atom. The highest BCUT2D eigenvalue weighted by atomic mass is 14.4. The van der Waals surface area contributed by atoms with Crippen molar-refractivity contribution in [2.75, 3.05) is 0 Å². The zero-order chi connectivity index (χ0) is 26.0. The minimum absolute atomic E-state index is 0.370. The molecule has 0 spiro atoms. The first kappa shape index (κ1) is 22.5. The van der Waals surface area contributed by atoms with Crippen molar-refractivity contribution in [1.82, 2.24) is 0 Å². The standard InChI is InChI=1S/C36H26N2/c1-21-7-17-29-34-30(18-8-22(2)31(21)34)36-33(26-15-11-24(20-38)12-16-26)28-6-4-3-5-27(28)32(35(29)36)25-13-9-23(19-37)10-14-25/h5-18,21,31H,3-4H2,1-2H3/t21-,31?/m0/s1. The molecule has 0 amide bonds. The molecule has 0 N–H and O–H groups in total. The Hall–Kier alpha value is -4.66. The van der Waals surface area contributed by atoms with Crippen molar-refractivity contribution in [3.8, 4) is 34.4 Å². The van der Waals surface area contributed by atoms with Crippen LogP contribution in [0.1, 0.15) is 48.9 Å². The van der Waals surface area contributed by atoms with Gasteiger partial charge in [0.05, 0.1) is 23.3 Å². The molecule has 0 saturated heterocycles. The van der Waals surface area contributed by atoms with Crippen LogP contribution in [0.4, 0.5) is 0 Å². The molecule has 2 heteroatoms. The smallest absolute Gasteiger partial charge is 0.0991 e. The van der Waals surface area contributed by atoms with E-state index in [2.05, 4.69) is 86.7 Å². The Morgan fingerprint density at radius 3 is 1.82 bits per heavy atom. The zero-order valence-corrected chi connectivity index (χ0v) is 21.5. The van der Waals surface area contributed by atoms with E-state index >= 15 is 0 Å². The first-order valence-electron chi connectivity index (χ1n) is 13.3. The number of nitriles is 2. The lowest BCUT2D eigenvalue weighted by Crippen LogP contribution is -2.33. The molecule has 0 aliphatic heterocycles. The van der Waals surface area contributed by atoms with Gasteiger partial charge in [-0.2, -0.15) is 10.5 Å². The molecule has 2 nitrogen and oxygen atoms in total. The fraction of sp³-hybridized carbons (Fsp3) is 0.167. The normalized spacial score (nSPS) is 20.1. The average Bonchev–Trinajstić information content (AvgIpc) is 3.29. The SMILES string of the molecule is CC1=CC=C2C3=C(C=C[C@H](C)C13)c1c2c(-c2ccc(C#N)cc2)c2c(c1-c1ccc(C#N)cc1)=CCCC=2. The van der Waals surface area contributed by atoms with Crippen LogP contribution in [0.15, 0.2) is 84.0 Å². The van der Waals surface area contributed by atoms with E-state index in [9.17, 15) is 10.5 Å². The molecule has 3 aromatic carbocycles. The fourth-order valence-corrected chi connectivity index (χ4v) is 6.91. The van der Waals surface area contributed by atoms with Crippen molar-refractivity contribution in [3.05, 3.63) is 117 Å². The summed E-state index contributed by atoms with van der Waals surface area (Å²) in [7, 11) is 0. The molecule has 0 saturated carbocycles. The second kappa shape index (κ2) is 8.44. The molecular formula is C36H26N2. The summed E-state index contributed by atoms with van der Waals surface area (Å²) in [5.41, 5.74) is 14.3. The van der Waals surface area contributed by atoms with Gasteiger partial charge < -0.3 is 0 Å². The zero-order valence-electron chi connectivity index (χ0n) is 21.5. The maximum Gasteiger partial charge on any atom is 0.0991 e. The van der Waals surface area contributed by atoms with Gasteiger partial charge in [-0.25, -0.2) is 0 Å². The van der Waals surface area contributed by atoms with E-state index in [0.717, 1.165) is 24.0 Å². The van der Waals surface area contributed by atoms with Crippen LogP contribution in [0.25, 0.3) is 45.6 Å². The molecule has 1 unspecified atom stereocenters. The lowest BCUT2D eigenvalue weighted by atomic mass is 9.72. The van der Waals surface area contributed by atoms with E-state index in [-0.39, 0.29) is 0 Å². The van der Waals surface area contributed by atoms with Gasteiger partial charge >= 0.3 is 0 Å². The van der Waals surface area contributed by atoms with Gasteiger partial charge in [-0.15, -0.1) is 0 Å². The number of rotatable bonds is 2. The minimum atomic E-state index is 0.370. The van der Waals surface area contributed by atoms with Gasteiger partial charge in [0.25, 0.3) is 0 Å². The van der Waals surface area contributed by atoms with E-state index in [0.29, 0.717) is 23.0 Å². The van der Waals surface area contributed by atoms with Gasteiger partial charge in [-0.05, 0) is 110 Å². The van der Waals surface area contributed by atoms with Crippen LogP contribution in [-0.4, -0.2) is 0 Å². The number of hydrogen-bond acceptors (Lipinski definition) is 2. The van der Waals surface area contributed by atoms with Crippen molar-refractivity contribution in [3.63, 3.8) is 0 Å². The highest BCUT2D eigenvalue weighted by Crippen LogP contribution is 2.56. The fourth-order valence-electron chi connectivity index (χ4n) is 6.91. The van der Waals surface area contributed by atoms with Crippen LogP contribution in [-0.2, 0) is 0 Å². The van der Waals surface area contributed by atoms with Gasteiger partial charge in [0, 0.05) is 5.92 Å². The quantitative estimate of drug-likeness (QED) is 0.390. The largest absolute Gasteiger partial charge is 0.192 e. The highest BCUT2D eigenvalue weighted by molar-refractivity contribution is 6.12. The summed E-state index contributed by atoms with van der Waals surface area (Å²) in [6.45, 7) is 4.58. The topological polar surface area (TPSA) is 47.6 Å². The Labute approximate surface area is 223 Å². The molecule has 4 aliphatic rings. The number of nitrogens with zero attached hydrogens (tertiary/aromatic N) is 2. The molecule has 7 rings (SSSR count). The maximum atomic E-state index is 9.44. The van der Waals surface area contributed by atoms with Crippen LogP contribution >= 0.6 is 0 Å². The maximum absolute atomic E-state index is 9.44. The second-order valence-corrected chi connectivity index (χ2v) is 10.7. The number of allylic oxidation sites excluding steroid dienone is 8. The summed E-state index contributed by atoms with van der Waals surface area (Å²) < 4.78 is 0. The van der Waals surface area contributed by atoms with E-state index in [1.807, 2.05) is 24.3 Å². The average molecular weight is 487 g/mol. The summed E-state index contributed by atoms with van der Waals surface area (Å²) in [4.78, 5) is 0. The van der Waals surface area contributed by atoms with E-state index < -0.39 is 0 Å². The summed E-state index contributed by atoms with van der Waals surface area (Å²) in [6, 6.07) is 20.7. The Kier molecular flexibility index (Phi) is 5.01. The first-order valence-corrected chi connectivity index (χ1v) is 13.3. The van der Waals surface area contributed by atoms with E-state index in [4.69, 9.17) is 0 Å². The molecule has 3 aromatic rings. The van der Waals surface area contributed by atoms with Gasteiger partial charge in [-0.3, -0.25) is 0 Å². The van der Waals surface area contributed by atoms with Crippen LogP contribution < -0.4 is 10.4 Å². The van der Waals surface area contributed by atoms with E-state index in [1.54, 1.807) is 0 Å². The van der Waals surface area contributed by atoms with Crippen molar-refractivity contribution >= 4 is 23.3 Å². The number of hydrogen-bond donors (Lipinski definition) is 0. The predicted molar refractivity (Wildman–Crippen MR) is 155 cm³/mol. The van der Waals surface area contributed by atoms with Crippen molar-refractivity contribution in [2.24, 2.45) is 11.8 Å². The third-order valence-electron chi connectivity index (χ3n) is 8.57. The van der Waals surface area contributed by atoms with Crippen LogP contribution in [0.5, 0.6) is 0 Å². The summed E-state index contributed by atoms with van der Waals surface area (Å²) in [5.74, 6) is 0.808. The molecule has 0 radical (unpaired) electrons. The summed E-state index contributed by atoms with van der Waals surface area (Å²) in [5, 5.41) is 21.4. The van der Waals surface area contributed by atoms with Crippen molar-refractivity contribution < 1.29 is 0 Å². The molecule has 38 heavy (non-hydrogen) atoms.